The van der Waals surface area contributed by atoms with Gasteiger partial charge in [0.25, 0.3) is 5.88 Å². The highest BCUT2D eigenvalue weighted by Crippen LogP contribution is 2.25. The van der Waals surface area contributed by atoms with Crippen molar-refractivity contribution >= 4 is 11.5 Å². The Kier molecular flexibility index (Phi) is 3.37. The number of hydrazine groups is 1. The van der Waals surface area contributed by atoms with E-state index in [2.05, 4.69) is 21.5 Å². The van der Waals surface area contributed by atoms with Crippen LogP contribution in [0.3, 0.4) is 0 Å². The number of hydrogen-bond acceptors (Lipinski definition) is 6. The molecule has 3 rings (SSSR count). The molecule has 0 amide bonds. The number of aromatic nitrogens is 3. The fourth-order valence-electron chi connectivity index (χ4n) is 1.92. The van der Waals surface area contributed by atoms with Gasteiger partial charge in [0.05, 0.1) is 18.7 Å². The number of hydrogen-bond donors (Lipinski definition) is 2. The third-order valence-corrected chi connectivity index (χ3v) is 2.91. The Morgan fingerprint density at radius 3 is 2.86 bits per heavy atom. The molecule has 0 fully saturated rings. The summed E-state index contributed by atoms with van der Waals surface area (Å²) >= 11 is 0. The maximum Gasteiger partial charge on any atom is 0.265 e. The third kappa shape index (κ3) is 2.61. The Bertz CT molecular complexity index is 802. The summed E-state index contributed by atoms with van der Waals surface area (Å²) in [7, 11) is 0. The lowest BCUT2D eigenvalue weighted by Crippen LogP contribution is -2.10. The summed E-state index contributed by atoms with van der Waals surface area (Å²) in [6.07, 6.45) is 5.52. The van der Waals surface area contributed by atoms with Crippen molar-refractivity contribution in [2.45, 2.75) is 6.42 Å². The molecular formula is C14H12N6O. The minimum Gasteiger partial charge on any atom is -0.436 e. The number of nitrogens with one attached hydrogen (secondary N) is 1. The summed E-state index contributed by atoms with van der Waals surface area (Å²) in [4.78, 5) is 8.45. The van der Waals surface area contributed by atoms with E-state index in [9.17, 15) is 0 Å². The molecule has 3 N–H and O–H groups in total. The van der Waals surface area contributed by atoms with Crippen molar-refractivity contribution in [1.82, 2.24) is 14.4 Å². The van der Waals surface area contributed by atoms with Crippen LogP contribution in [0.5, 0.6) is 11.6 Å². The van der Waals surface area contributed by atoms with E-state index in [1.807, 2.05) is 12.1 Å². The van der Waals surface area contributed by atoms with Gasteiger partial charge in [-0.3, -0.25) is 4.40 Å². The molecule has 3 aromatic rings. The smallest absolute Gasteiger partial charge is 0.265 e. The molecule has 0 saturated heterocycles. The van der Waals surface area contributed by atoms with Gasteiger partial charge >= 0.3 is 0 Å². The number of benzene rings is 1. The van der Waals surface area contributed by atoms with Gasteiger partial charge in [0.2, 0.25) is 5.65 Å². The van der Waals surface area contributed by atoms with Crippen molar-refractivity contribution < 1.29 is 4.74 Å². The van der Waals surface area contributed by atoms with Crippen LogP contribution in [0.25, 0.3) is 5.65 Å². The Labute approximate surface area is 120 Å². The molecule has 0 atom stereocenters. The van der Waals surface area contributed by atoms with Crippen molar-refractivity contribution in [2.75, 3.05) is 5.43 Å². The molecule has 104 valence electrons. The normalized spacial score (nSPS) is 10.3. The molecule has 2 heterocycles. The van der Waals surface area contributed by atoms with Gasteiger partial charge in [0.1, 0.15) is 5.75 Å². The number of nitrogen functional groups attached to an aromatic ring is 1. The molecule has 0 saturated carbocycles. The van der Waals surface area contributed by atoms with Crippen LogP contribution in [0.2, 0.25) is 0 Å². The molecule has 2 aromatic heterocycles. The van der Waals surface area contributed by atoms with Crippen LogP contribution in [-0.2, 0) is 6.42 Å². The standard InChI is InChI=1S/C14H12N6O/c15-6-5-10-1-3-11(4-2-10)21-14-13-17-7-8-20(13)9-12(18-14)19-16/h1-4,7-9,19H,5,16H2. The summed E-state index contributed by atoms with van der Waals surface area (Å²) in [6.45, 7) is 0. The lowest BCUT2D eigenvalue weighted by Gasteiger charge is -2.08. The molecule has 0 aliphatic rings. The van der Waals surface area contributed by atoms with E-state index in [1.54, 1.807) is 35.1 Å². The number of rotatable bonds is 4. The molecule has 0 radical (unpaired) electrons. The molecule has 0 spiro atoms. The van der Waals surface area contributed by atoms with Crippen LogP contribution in [0.1, 0.15) is 5.56 Å². The van der Waals surface area contributed by atoms with E-state index in [0.717, 1.165) is 5.56 Å². The molecular weight excluding hydrogens is 268 g/mol. The Morgan fingerprint density at radius 1 is 1.33 bits per heavy atom. The van der Waals surface area contributed by atoms with Crippen LogP contribution in [0.4, 0.5) is 5.82 Å². The fourth-order valence-corrected chi connectivity index (χ4v) is 1.92. The van der Waals surface area contributed by atoms with E-state index >= 15 is 0 Å². The molecule has 7 heteroatoms. The van der Waals surface area contributed by atoms with Crippen LogP contribution in [0.15, 0.2) is 42.9 Å². The van der Waals surface area contributed by atoms with E-state index in [-0.39, 0.29) is 0 Å². The van der Waals surface area contributed by atoms with Crippen molar-refractivity contribution in [2.24, 2.45) is 5.84 Å². The molecule has 7 nitrogen and oxygen atoms in total. The fraction of sp³-hybridized carbons (Fsp3) is 0.0714. The first-order valence-electron chi connectivity index (χ1n) is 6.24. The maximum absolute atomic E-state index is 8.66. The van der Waals surface area contributed by atoms with Crippen molar-refractivity contribution in [3.05, 3.63) is 48.4 Å². The van der Waals surface area contributed by atoms with E-state index in [0.29, 0.717) is 29.5 Å². The summed E-state index contributed by atoms with van der Waals surface area (Å²) in [5.74, 6) is 6.83. The predicted molar refractivity (Wildman–Crippen MR) is 76.6 cm³/mol. The Morgan fingerprint density at radius 2 is 2.14 bits per heavy atom. The average Bonchev–Trinajstić information content (AvgIpc) is 2.98. The lowest BCUT2D eigenvalue weighted by atomic mass is 10.2. The quantitative estimate of drug-likeness (QED) is 0.559. The van der Waals surface area contributed by atoms with Crippen LogP contribution in [0, 0.1) is 11.3 Å². The molecule has 0 unspecified atom stereocenters. The van der Waals surface area contributed by atoms with Gasteiger partial charge < -0.3 is 10.2 Å². The molecule has 0 aliphatic heterocycles. The topological polar surface area (TPSA) is 101 Å². The minimum atomic E-state index is 0.350. The van der Waals surface area contributed by atoms with E-state index in [1.165, 1.54) is 0 Å². The predicted octanol–water partition coefficient (Wildman–Crippen LogP) is 1.87. The number of anilines is 1. The second kappa shape index (κ2) is 5.48. The Hall–Kier alpha value is -3.11. The van der Waals surface area contributed by atoms with E-state index < -0.39 is 0 Å². The highest BCUT2D eigenvalue weighted by atomic mass is 16.5. The summed E-state index contributed by atoms with van der Waals surface area (Å²) in [5.41, 5.74) is 4.01. The minimum absolute atomic E-state index is 0.350. The zero-order valence-electron chi connectivity index (χ0n) is 11.0. The van der Waals surface area contributed by atoms with Gasteiger partial charge in [-0.1, -0.05) is 12.1 Å². The largest absolute Gasteiger partial charge is 0.436 e. The molecule has 0 aliphatic carbocycles. The monoisotopic (exact) mass is 280 g/mol. The number of ether oxygens (including phenoxy) is 1. The number of nitriles is 1. The van der Waals surface area contributed by atoms with Crippen LogP contribution < -0.4 is 16.0 Å². The molecule has 1 aromatic carbocycles. The average molecular weight is 280 g/mol. The number of imidazole rings is 1. The van der Waals surface area contributed by atoms with Gasteiger partial charge in [-0.2, -0.15) is 10.2 Å². The highest BCUT2D eigenvalue weighted by molar-refractivity contribution is 5.54. The maximum atomic E-state index is 8.66. The third-order valence-electron chi connectivity index (χ3n) is 2.91. The highest BCUT2D eigenvalue weighted by Gasteiger charge is 2.09. The summed E-state index contributed by atoms with van der Waals surface area (Å²) in [6, 6.07) is 9.36. The number of nitrogens with two attached hydrogens (primary N) is 1. The van der Waals surface area contributed by atoms with Crippen molar-refractivity contribution in [1.29, 1.82) is 5.26 Å². The lowest BCUT2D eigenvalue weighted by molar-refractivity contribution is 0.465. The molecule has 21 heavy (non-hydrogen) atoms. The summed E-state index contributed by atoms with van der Waals surface area (Å²) < 4.78 is 7.52. The second-order valence-electron chi connectivity index (χ2n) is 4.31. The summed E-state index contributed by atoms with van der Waals surface area (Å²) in [5, 5.41) is 8.66. The number of nitrogens with zero attached hydrogens (tertiary/aromatic N) is 4. The SMILES string of the molecule is N#CCc1ccc(Oc2nc(NN)cn3ccnc23)cc1. The van der Waals surface area contributed by atoms with Crippen molar-refractivity contribution in [3.63, 3.8) is 0 Å². The van der Waals surface area contributed by atoms with Gasteiger partial charge in [-0.05, 0) is 17.7 Å². The van der Waals surface area contributed by atoms with E-state index in [4.69, 9.17) is 15.8 Å². The van der Waals surface area contributed by atoms with Gasteiger partial charge in [0.15, 0.2) is 5.82 Å². The first kappa shape index (κ1) is 12.9. The first-order valence-corrected chi connectivity index (χ1v) is 6.24. The van der Waals surface area contributed by atoms with Gasteiger partial charge in [0, 0.05) is 12.4 Å². The zero-order valence-corrected chi connectivity index (χ0v) is 11.0. The van der Waals surface area contributed by atoms with Gasteiger partial charge in [-0.25, -0.2) is 10.8 Å². The Balaban J connectivity index is 1.93. The first-order chi connectivity index (χ1) is 10.3. The van der Waals surface area contributed by atoms with Crippen LogP contribution in [-0.4, -0.2) is 14.4 Å². The second-order valence-corrected chi connectivity index (χ2v) is 4.31. The molecule has 0 bridgehead atoms. The zero-order chi connectivity index (χ0) is 14.7. The van der Waals surface area contributed by atoms with Gasteiger partial charge in [-0.15, -0.1) is 0 Å². The number of fused-ring (bicyclic) bond motifs is 1. The van der Waals surface area contributed by atoms with Crippen LogP contribution >= 0.6 is 0 Å². The van der Waals surface area contributed by atoms with Crippen molar-refractivity contribution in [3.8, 4) is 17.7 Å².